The van der Waals surface area contributed by atoms with Gasteiger partial charge < -0.3 is 20.4 Å². The number of nitrogens with one attached hydrogen (secondary N) is 1. The molecule has 2 rings (SSSR count). The number of aromatic nitrogens is 2. The summed E-state index contributed by atoms with van der Waals surface area (Å²) in [5, 5.41) is 19.0. The van der Waals surface area contributed by atoms with E-state index in [2.05, 4.69) is 27.8 Å². The van der Waals surface area contributed by atoms with Crippen LogP contribution in [0.3, 0.4) is 0 Å². The standard InChI is InChI=1S/C15H17N5O3S/c1-23-12-4-2-10(3-5-12)14-11(8-17-18-15(16)24)9-20(19-14)7-6-13(21)22/h2-5,8-9H,6-7H2,1H3,(H,21,22)(H3,16,18,24)/p-1. The fraction of sp³-hybridized carbons (Fsp3) is 0.200. The molecule has 1 heterocycles. The second-order valence-corrected chi connectivity index (χ2v) is 5.22. The monoisotopic (exact) mass is 346 g/mol. The van der Waals surface area contributed by atoms with Gasteiger partial charge in [0.2, 0.25) is 0 Å². The number of carboxylic acid groups (broad SMARTS) is 1. The number of nitrogens with zero attached hydrogens (tertiary/aromatic N) is 3. The molecule has 3 N–H and O–H groups in total. The summed E-state index contributed by atoms with van der Waals surface area (Å²) < 4.78 is 6.66. The Balaban J connectivity index is 2.32. The molecule has 126 valence electrons. The molecule has 1 aromatic carbocycles. The van der Waals surface area contributed by atoms with Crippen LogP contribution in [0, 0.1) is 0 Å². The average molecular weight is 346 g/mol. The van der Waals surface area contributed by atoms with Crippen LogP contribution >= 0.6 is 12.2 Å². The molecule has 0 spiro atoms. The summed E-state index contributed by atoms with van der Waals surface area (Å²) in [6.07, 6.45) is 3.07. The van der Waals surface area contributed by atoms with Gasteiger partial charge in [-0.1, -0.05) is 0 Å². The minimum Gasteiger partial charge on any atom is -0.550 e. The second-order valence-electron chi connectivity index (χ2n) is 4.78. The largest absolute Gasteiger partial charge is 0.550 e. The highest BCUT2D eigenvalue weighted by atomic mass is 32.1. The number of hydrogen-bond donors (Lipinski definition) is 2. The van der Waals surface area contributed by atoms with Gasteiger partial charge in [0.25, 0.3) is 0 Å². The first kappa shape index (κ1) is 17.4. The summed E-state index contributed by atoms with van der Waals surface area (Å²) in [6, 6.07) is 7.32. The first-order chi connectivity index (χ1) is 11.5. The molecule has 0 amide bonds. The van der Waals surface area contributed by atoms with E-state index < -0.39 is 5.97 Å². The number of benzene rings is 1. The molecule has 0 aliphatic heterocycles. The topological polar surface area (TPSA) is 118 Å². The zero-order chi connectivity index (χ0) is 17.5. The summed E-state index contributed by atoms with van der Waals surface area (Å²) in [7, 11) is 1.59. The van der Waals surface area contributed by atoms with Gasteiger partial charge in [-0.3, -0.25) is 10.1 Å². The number of thiocarbonyl (C=S) groups is 1. The molecule has 0 bridgehead atoms. The van der Waals surface area contributed by atoms with Crippen molar-refractivity contribution in [3.05, 3.63) is 36.0 Å². The number of aryl methyl sites for hydroxylation is 1. The van der Waals surface area contributed by atoms with Crippen LogP contribution in [0.25, 0.3) is 11.3 Å². The quantitative estimate of drug-likeness (QED) is 0.407. The first-order valence-electron chi connectivity index (χ1n) is 7.00. The highest BCUT2D eigenvalue weighted by Gasteiger charge is 2.10. The van der Waals surface area contributed by atoms with E-state index in [4.69, 9.17) is 10.5 Å². The molecule has 24 heavy (non-hydrogen) atoms. The van der Waals surface area contributed by atoms with Gasteiger partial charge in [-0.15, -0.1) is 0 Å². The molecular formula is C15H16N5O3S-. The van der Waals surface area contributed by atoms with Crippen molar-refractivity contribution in [3.8, 4) is 17.0 Å². The minimum atomic E-state index is -1.14. The Hall–Kier alpha value is -2.94. The van der Waals surface area contributed by atoms with E-state index in [0.29, 0.717) is 11.3 Å². The third-order valence-electron chi connectivity index (χ3n) is 3.08. The molecule has 9 heteroatoms. The van der Waals surface area contributed by atoms with Crippen molar-refractivity contribution in [2.45, 2.75) is 13.0 Å². The maximum Gasteiger partial charge on any atom is 0.184 e. The number of hydrazone groups is 1. The predicted molar refractivity (Wildman–Crippen MR) is 91.4 cm³/mol. The Morgan fingerprint density at radius 2 is 2.21 bits per heavy atom. The van der Waals surface area contributed by atoms with Crippen LogP contribution in [0.4, 0.5) is 0 Å². The van der Waals surface area contributed by atoms with E-state index in [1.807, 2.05) is 24.3 Å². The zero-order valence-corrected chi connectivity index (χ0v) is 13.7. The summed E-state index contributed by atoms with van der Waals surface area (Å²) in [5.41, 5.74) is 9.95. The second kappa shape index (κ2) is 8.06. The SMILES string of the molecule is COc1ccc(-c2nn(CCC(=O)[O-])cc2C=NNC(N)=S)cc1. The van der Waals surface area contributed by atoms with Gasteiger partial charge in [0.05, 0.1) is 13.3 Å². The van der Waals surface area contributed by atoms with Gasteiger partial charge in [-0.2, -0.15) is 10.2 Å². The summed E-state index contributed by atoms with van der Waals surface area (Å²) in [5.74, 6) is -0.414. The van der Waals surface area contributed by atoms with E-state index in [1.54, 1.807) is 13.3 Å². The molecule has 0 radical (unpaired) electrons. The highest BCUT2D eigenvalue weighted by Crippen LogP contribution is 2.23. The summed E-state index contributed by atoms with van der Waals surface area (Å²) >= 11 is 4.69. The lowest BCUT2D eigenvalue weighted by Crippen LogP contribution is -2.24. The van der Waals surface area contributed by atoms with Crippen molar-refractivity contribution < 1.29 is 14.6 Å². The number of ether oxygens (including phenoxy) is 1. The van der Waals surface area contributed by atoms with Gasteiger partial charge in [0.1, 0.15) is 11.4 Å². The fourth-order valence-electron chi connectivity index (χ4n) is 1.99. The van der Waals surface area contributed by atoms with Crippen molar-refractivity contribution in [1.82, 2.24) is 15.2 Å². The molecule has 0 fully saturated rings. The van der Waals surface area contributed by atoms with Gasteiger partial charge in [0, 0.05) is 36.3 Å². The van der Waals surface area contributed by atoms with Crippen molar-refractivity contribution in [1.29, 1.82) is 0 Å². The average Bonchev–Trinajstić information content (AvgIpc) is 2.96. The van der Waals surface area contributed by atoms with Crippen molar-refractivity contribution in [3.63, 3.8) is 0 Å². The number of methoxy groups -OCH3 is 1. The normalized spacial score (nSPS) is 10.7. The molecule has 0 saturated carbocycles. The van der Waals surface area contributed by atoms with E-state index in [0.717, 1.165) is 11.3 Å². The van der Waals surface area contributed by atoms with Crippen LogP contribution in [-0.2, 0) is 11.3 Å². The Morgan fingerprint density at radius 1 is 1.50 bits per heavy atom. The van der Waals surface area contributed by atoms with Crippen molar-refractivity contribution in [2.24, 2.45) is 10.8 Å². The number of carboxylic acids is 1. The van der Waals surface area contributed by atoms with E-state index in [1.165, 1.54) is 10.9 Å². The molecule has 0 aliphatic rings. The molecule has 0 aliphatic carbocycles. The summed E-state index contributed by atoms with van der Waals surface area (Å²) in [6.45, 7) is 0.196. The fourth-order valence-corrected chi connectivity index (χ4v) is 2.04. The van der Waals surface area contributed by atoms with Crippen LogP contribution in [0.5, 0.6) is 5.75 Å². The Bertz CT molecular complexity index is 755. The van der Waals surface area contributed by atoms with Gasteiger partial charge in [-0.25, -0.2) is 0 Å². The van der Waals surface area contributed by atoms with E-state index in [-0.39, 0.29) is 18.1 Å². The lowest BCUT2D eigenvalue weighted by molar-refractivity contribution is -0.306. The van der Waals surface area contributed by atoms with Crippen molar-refractivity contribution >= 4 is 29.5 Å². The number of aliphatic carboxylic acids is 1. The first-order valence-corrected chi connectivity index (χ1v) is 7.40. The smallest absolute Gasteiger partial charge is 0.184 e. The number of carbonyl (C=O) groups excluding carboxylic acids is 1. The zero-order valence-electron chi connectivity index (χ0n) is 12.9. The maximum absolute atomic E-state index is 10.6. The third-order valence-corrected chi connectivity index (χ3v) is 3.17. The highest BCUT2D eigenvalue weighted by molar-refractivity contribution is 7.80. The molecular weight excluding hydrogens is 330 g/mol. The molecule has 2 aromatic rings. The third kappa shape index (κ3) is 4.78. The molecule has 1 aromatic heterocycles. The molecule has 0 saturated heterocycles. The predicted octanol–water partition coefficient (Wildman–Crippen LogP) is -0.134. The van der Waals surface area contributed by atoms with Crippen LogP contribution in [0.2, 0.25) is 0 Å². The Labute approximate surface area is 143 Å². The van der Waals surface area contributed by atoms with Gasteiger partial charge >= 0.3 is 0 Å². The number of hydrogen-bond acceptors (Lipinski definition) is 6. The van der Waals surface area contributed by atoms with Crippen LogP contribution in [0.15, 0.2) is 35.6 Å². The van der Waals surface area contributed by atoms with E-state index >= 15 is 0 Å². The number of rotatable bonds is 7. The van der Waals surface area contributed by atoms with Gasteiger partial charge in [0.15, 0.2) is 5.11 Å². The Kier molecular flexibility index (Phi) is 5.85. The maximum atomic E-state index is 10.6. The molecule has 0 atom stereocenters. The lowest BCUT2D eigenvalue weighted by atomic mass is 10.1. The number of nitrogens with two attached hydrogens (primary N) is 1. The molecule has 0 unspecified atom stereocenters. The summed E-state index contributed by atoms with van der Waals surface area (Å²) in [4.78, 5) is 10.6. The van der Waals surface area contributed by atoms with E-state index in [9.17, 15) is 9.90 Å². The van der Waals surface area contributed by atoms with Gasteiger partial charge in [-0.05, 0) is 36.5 Å². The molecule has 8 nitrogen and oxygen atoms in total. The van der Waals surface area contributed by atoms with Crippen LogP contribution < -0.4 is 21.0 Å². The lowest BCUT2D eigenvalue weighted by Gasteiger charge is -2.03. The van der Waals surface area contributed by atoms with Crippen LogP contribution in [-0.4, -0.2) is 34.2 Å². The minimum absolute atomic E-state index is 0.0431. The van der Waals surface area contributed by atoms with Crippen molar-refractivity contribution in [2.75, 3.05) is 7.11 Å². The van der Waals surface area contributed by atoms with Crippen LogP contribution in [0.1, 0.15) is 12.0 Å². The number of carbonyl (C=O) groups is 1. The Morgan fingerprint density at radius 3 is 2.79 bits per heavy atom.